The van der Waals surface area contributed by atoms with Crippen molar-refractivity contribution in [3.8, 4) is 0 Å². The summed E-state index contributed by atoms with van der Waals surface area (Å²) < 4.78 is 5.19. The van der Waals surface area contributed by atoms with Gasteiger partial charge < -0.3 is 14.5 Å². The topological polar surface area (TPSA) is 32.8 Å². The normalized spacial score (nSPS) is 24.4. The number of amides is 2. The molecular weight excluding hydrogens is 168 g/mol. The number of likely N-dealkylation sites (tertiary alicyclic amines) is 1. The number of carbonyl (C=O) groups excluding carboxylic acids is 1. The molecule has 4 heteroatoms. The Kier molecular flexibility index (Phi) is 2.40. The summed E-state index contributed by atoms with van der Waals surface area (Å²) in [7, 11) is 0. The number of rotatable bonds is 0. The van der Waals surface area contributed by atoms with Crippen LogP contribution in [0.4, 0.5) is 4.79 Å². The van der Waals surface area contributed by atoms with E-state index < -0.39 is 0 Å². The van der Waals surface area contributed by atoms with Gasteiger partial charge in [0.1, 0.15) is 0 Å². The molecule has 4 nitrogen and oxygen atoms in total. The highest BCUT2D eigenvalue weighted by atomic mass is 16.5. The number of hydrogen-bond acceptors (Lipinski definition) is 2. The van der Waals surface area contributed by atoms with Gasteiger partial charge >= 0.3 is 6.03 Å². The van der Waals surface area contributed by atoms with Gasteiger partial charge in [0.15, 0.2) is 0 Å². The van der Waals surface area contributed by atoms with Crippen LogP contribution in [0.2, 0.25) is 0 Å². The Labute approximate surface area is 78.4 Å². The van der Waals surface area contributed by atoms with Crippen molar-refractivity contribution in [3.05, 3.63) is 0 Å². The highest BCUT2D eigenvalue weighted by Gasteiger charge is 2.30. The summed E-state index contributed by atoms with van der Waals surface area (Å²) in [5.74, 6) is 0.685. The molecule has 0 radical (unpaired) electrons. The molecule has 0 aliphatic carbocycles. The van der Waals surface area contributed by atoms with E-state index >= 15 is 0 Å². The van der Waals surface area contributed by atoms with Gasteiger partial charge in [-0.3, -0.25) is 0 Å². The summed E-state index contributed by atoms with van der Waals surface area (Å²) in [6.45, 7) is 6.91. The second-order valence-corrected chi connectivity index (χ2v) is 3.89. The van der Waals surface area contributed by atoms with Crippen molar-refractivity contribution in [3.63, 3.8) is 0 Å². The SMILES string of the molecule is CC1CN(C(=O)N2CCOCC2)C1. The molecule has 2 aliphatic rings. The van der Waals surface area contributed by atoms with Gasteiger partial charge in [-0.2, -0.15) is 0 Å². The summed E-state index contributed by atoms with van der Waals surface area (Å²) >= 11 is 0. The predicted molar refractivity (Wildman–Crippen MR) is 48.5 cm³/mol. The number of urea groups is 1. The van der Waals surface area contributed by atoms with E-state index in [0.29, 0.717) is 19.1 Å². The molecule has 2 heterocycles. The van der Waals surface area contributed by atoms with Crippen LogP contribution in [0, 0.1) is 5.92 Å². The van der Waals surface area contributed by atoms with Gasteiger partial charge in [0.2, 0.25) is 0 Å². The van der Waals surface area contributed by atoms with Crippen molar-refractivity contribution in [1.82, 2.24) is 9.80 Å². The van der Waals surface area contributed by atoms with Crippen LogP contribution in [0.25, 0.3) is 0 Å². The summed E-state index contributed by atoms with van der Waals surface area (Å²) in [6, 6.07) is 0.196. The van der Waals surface area contributed by atoms with Gasteiger partial charge in [-0.1, -0.05) is 6.92 Å². The molecule has 0 N–H and O–H groups in total. The molecule has 0 unspecified atom stereocenters. The van der Waals surface area contributed by atoms with E-state index in [1.54, 1.807) is 0 Å². The fraction of sp³-hybridized carbons (Fsp3) is 0.889. The Morgan fingerprint density at radius 1 is 1.23 bits per heavy atom. The molecule has 0 aromatic heterocycles. The van der Waals surface area contributed by atoms with Crippen LogP contribution < -0.4 is 0 Å². The van der Waals surface area contributed by atoms with Crippen molar-refractivity contribution >= 4 is 6.03 Å². The van der Waals surface area contributed by atoms with Crippen LogP contribution in [0.1, 0.15) is 6.92 Å². The van der Waals surface area contributed by atoms with Crippen LogP contribution in [0.5, 0.6) is 0 Å². The van der Waals surface area contributed by atoms with Gasteiger partial charge in [0.05, 0.1) is 13.2 Å². The van der Waals surface area contributed by atoms with Gasteiger partial charge in [0.25, 0.3) is 0 Å². The van der Waals surface area contributed by atoms with Crippen LogP contribution >= 0.6 is 0 Å². The number of carbonyl (C=O) groups is 1. The van der Waals surface area contributed by atoms with Crippen molar-refractivity contribution in [2.24, 2.45) is 5.92 Å². The molecule has 2 amide bonds. The monoisotopic (exact) mass is 184 g/mol. The fourth-order valence-corrected chi connectivity index (χ4v) is 1.81. The van der Waals surface area contributed by atoms with Crippen LogP contribution in [-0.2, 0) is 4.74 Å². The first-order chi connectivity index (χ1) is 6.27. The van der Waals surface area contributed by atoms with Crippen molar-refractivity contribution in [2.75, 3.05) is 39.4 Å². The predicted octanol–water partition coefficient (Wildman–Crippen LogP) is 0.390. The molecule has 0 aromatic rings. The lowest BCUT2D eigenvalue weighted by atomic mass is 10.0. The maximum Gasteiger partial charge on any atom is 0.320 e. The Morgan fingerprint density at radius 2 is 1.85 bits per heavy atom. The largest absolute Gasteiger partial charge is 0.378 e. The molecule has 13 heavy (non-hydrogen) atoms. The third-order valence-electron chi connectivity index (χ3n) is 2.62. The molecule has 2 saturated heterocycles. The Morgan fingerprint density at radius 3 is 2.38 bits per heavy atom. The van der Waals surface area contributed by atoms with Gasteiger partial charge in [-0.05, 0) is 5.92 Å². The zero-order chi connectivity index (χ0) is 9.26. The lowest BCUT2D eigenvalue weighted by Gasteiger charge is -2.41. The molecule has 2 aliphatic heterocycles. The first-order valence-electron chi connectivity index (χ1n) is 4.89. The summed E-state index contributed by atoms with van der Waals surface area (Å²) in [5, 5.41) is 0. The van der Waals surface area contributed by atoms with E-state index in [4.69, 9.17) is 4.74 Å². The molecule has 0 saturated carbocycles. The lowest BCUT2D eigenvalue weighted by molar-refractivity contribution is 0.0306. The number of ether oxygens (including phenoxy) is 1. The van der Waals surface area contributed by atoms with Gasteiger partial charge in [-0.15, -0.1) is 0 Å². The minimum absolute atomic E-state index is 0.196. The molecule has 2 fully saturated rings. The van der Waals surface area contributed by atoms with Crippen LogP contribution in [0.15, 0.2) is 0 Å². The molecule has 2 rings (SSSR count). The molecule has 0 spiro atoms. The smallest absolute Gasteiger partial charge is 0.320 e. The first-order valence-corrected chi connectivity index (χ1v) is 4.89. The highest BCUT2D eigenvalue weighted by Crippen LogP contribution is 2.16. The van der Waals surface area contributed by atoms with Gasteiger partial charge in [-0.25, -0.2) is 4.79 Å². The van der Waals surface area contributed by atoms with E-state index in [9.17, 15) is 4.79 Å². The molecule has 0 atom stereocenters. The van der Waals surface area contributed by atoms with Crippen LogP contribution in [0.3, 0.4) is 0 Å². The Bertz CT molecular complexity index is 196. The number of hydrogen-bond donors (Lipinski definition) is 0. The third kappa shape index (κ3) is 1.77. The summed E-state index contributed by atoms with van der Waals surface area (Å²) in [6.07, 6.45) is 0. The molecular formula is C9H16N2O2. The summed E-state index contributed by atoms with van der Waals surface area (Å²) in [5.41, 5.74) is 0. The van der Waals surface area contributed by atoms with Crippen molar-refractivity contribution in [1.29, 1.82) is 0 Å². The van der Waals surface area contributed by atoms with E-state index in [1.807, 2.05) is 9.80 Å². The number of nitrogens with zero attached hydrogens (tertiary/aromatic N) is 2. The van der Waals surface area contributed by atoms with Crippen molar-refractivity contribution in [2.45, 2.75) is 6.92 Å². The average molecular weight is 184 g/mol. The lowest BCUT2D eigenvalue weighted by Crippen LogP contribution is -2.56. The first kappa shape index (κ1) is 8.81. The minimum Gasteiger partial charge on any atom is -0.378 e. The van der Waals surface area contributed by atoms with E-state index in [0.717, 1.165) is 26.2 Å². The van der Waals surface area contributed by atoms with Gasteiger partial charge in [0, 0.05) is 26.2 Å². The van der Waals surface area contributed by atoms with E-state index in [1.165, 1.54) is 0 Å². The number of morpholine rings is 1. The Balaban J connectivity index is 1.82. The van der Waals surface area contributed by atoms with E-state index in [-0.39, 0.29) is 6.03 Å². The maximum atomic E-state index is 11.7. The minimum atomic E-state index is 0.196. The second kappa shape index (κ2) is 3.54. The molecule has 0 aromatic carbocycles. The van der Waals surface area contributed by atoms with Crippen molar-refractivity contribution < 1.29 is 9.53 Å². The third-order valence-corrected chi connectivity index (χ3v) is 2.62. The molecule has 0 bridgehead atoms. The zero-order valence-electron chi connectivity index (χ0n) is 8.03. The second-order valence-electron chi connectivity index (χ2n) is 3.89. The average Bonchev–Trinajstić information content (AvgIpc) is 2.13. The van der Waals surface area contributed by atoms with Crippen LogP contribution in [-0.4, -0.2) is 55.2 Å². The standard InChI is InChI=1S/C9H16N2O2/c1-8-6-11(7-8)9(12)10-2-4-13-5-3-10/h8H,2-7H2,1H3. The maximum absolute atomic E-state index is 11.7. The molecule has 74 valence electrons. The summed E-state index contributed by atoms with van der Waals surface area (Å²) in [4.78, 5) is 15.5. The quantitative estimate of drug-likeness (QED) is 0.545. The zero-order valence-corrected chi connectivity index (χ0v) is 8.03. The van der Waals surface area contributed by atoms with E-state index in [2.05, 4.69) is 6.92 Å². The highest BCUT2D eigenvalue weighted by molar-refractivity contribution is 5.75. The fourth-order valence-electron chi connectivity index (χ4n) is 1.81. The Hall–Kier alpha value is -0.770.